The fraction of sp³-hybridized carbons (Fsp3) is 0.250. The van der Waals surface area contributed by atoms with E-state index in [0.717, 1.165) is 0 Å². The first-order chi connectivity index (χ1) is 8.36. The molecule has 0 saturated heterocycles. The third kappa shape index (κ3) is 2.85. The van der Waals surface area contributed by atoms with E-state index < -0.39 is 23.7 Å². The molecule has 0 aliphatic carbocycles. The molecule has 1 rings (SSSR count). The molecule has 0 radical (unpaired) electrons. The predicted octanol–water partition coefficient (Wildman–Crippen LogP) is 1.71. The molecule has 0 saturated carbocycles. The van der Waals surface area contributed by atoms with Crippen molar-refractivity contribution in [2.24, 2.45) is 0 Å². The van der Waals surface area contributed by atoms with Crippen LogP contribution in [0.1, 0.15) is 39.6 Å². The van der Waals surface area contributed by atoms with Crippen molar-refractivity contribution in [2.75, 3.05) is 0 Å². The summed E-state index contributed by atoms with van der Waals surface area (Å²) in [6.07, 6.45) is 0.0198. The number of carbonyl (C=O) groups is 3. The Hall–Kier alpha value is -2.37. The highest BCUT2D eigenvalue weighted by atomic mass is 16.5. The SMILES string of the molecule is CCC(=O)Oc1c(C(=O)O)cc(C)cc1C(=O)O. The van der Waals surface area contributed by atoms with Crippen LogP contribution in [-0.4, -0.2) is 28.1 Å². The topological polar surface area (TPSA) is 101 Å². The van der Waals surface area contributed by atoms with Gasteiger partial charge in [-0.05, 0) is 24.6 Å². The highest BCUT2D eigenvalue weighted by Gasteiger charge is 2.22. The Bertz CT molecular complexity index is 482. The lowest BCUT2D eigenvalue weighted by atomic mass is 10.0. The molecule has 0 atom stereocenters. The molecule has 0 bridgehead atoms. The zero-order valence-electron chi connectivity index (χ0n) is 9.89. The van der Waals surface area contributed by atoms with E-state index in [0.29, 0.717) is 5.56 Å². The number of carbonyl (C=O) groups excluding carboxylic acids is 1. The quantitative estimate of drug-likeness (QED) is 0.624. The molecule has 0 unspecified atom stereocenters. The van der Waals surface area contributed by atoms with Gasteiger partial charge in [0.1, 0.15) is 11.1 Å². The lowest BCUT2D eigenvalue weighted by molar-refractivity contribution is -0.134. The van der Waals surface area contributed by atoms with Crippen LogP contribution in [0.5, 0.6) is 5.75 Å². The molecule has 6 nitrogen and oxygen atoms in total. The lowest BCUT2D eigenvalue weighted by Gasteiger charge is -2.11. The maximum atomic E-state index is 11.2. The molecule has 0 spiro atoms. The fourth-order valence-electron chi connectivity index (χ4n) is 1.39. The summed E-state index contributed by atoms with van der Waals surface area (Å²) in [5.41, 5.74) is -0.218. The summed E-state index contributed by atoms with van der Waals surface area (Å²) in [5, 5.41) is 18.0. The Kier molecular flexibility index (Phi) is 4.04. The van der Waals surface area contributed by atoms with E-state index in [1.807, 2.05) is 0 Å². The molecule has 0 fully saturated rings. The molecule has 0 heterocycles. The zero-order chi connectivity index (χ0) is 13.9. The van der Waals surface area contributed by atoms with Crippen molar-refractivity contribution < 1.29 is 29.3 Å². The van der Waals surface area contributed by atoms with Crippen molar-refractivity contribution in [2.45, 2.75) is 20.3 Å². The van der Waals surface area contributed by atoms with Crippen LogP contribution in [0.4, 0.5) is 0 Å². The van der Waals surface area contributed by atoms with Gasteiger partial charge in [0.25, 0.3) is 0 Å². The number of aryl methyl sites for hydroxylation is 1. The van der Waals surface area contributed by atoms with Crippen LogP contribution in [-0.2, 0) is 4.79 Å². The van der Waals surface area contributed by atoms with E-state index in [4.69, 9.17) is 14.9 Å². The molecule has 2 N–H and O–H groups in total. The Morgan fingerprint density at radius 1 is 1.11 bits per heavy atom. The van der Waals surface area contributed by atoms with Crippen LogP contribution in [0, 0.1) is 6.92 Å². The second-order valence-electron chi connectivity index (χ2n) is 3.63. The maximum absolute atomic E-state index is 11.2. The normalized spacial score (nSPS) is 9.89. The third-order valence-corrected chi connectivity index (χ3v) is 2.20. The standard InChI is InChI=1S/C12H12O6/c1-3-9(13)18-10-7(11(14)15)4-6(2)5-8(10)12(16)17/h4-5H,3H2,1-2H3,(H,14,15)(H,16,17). The number of rotatable bonds is 4. The number of ether oxygens (including phenoxy) is 1. The zero-order valence-corrected chi connectivity index (χ0v) is 9.89. The smallest absolute Gasteiger partial charge is 0.339 e. The summed E-state index contributed by atoms with van der Waals surface area (Å²) < 4.78 is 4.80. The van der Waals surface area contributed by atoms with Crippen molar-refractivity contribution in [1.29, 1.82) is 0 Å². The van der Waals surface area contributed by atoms with E-state index in [9.17, 15) is 14.4 Å². The summed E-state index contributed by atoms with van der Waals surface area (Å²) >= 11 is 0. The van der Waals surface area contributed by atoms with Crippen LogP contribution in [0.25, 0.3) is 0 Å². The van der Waals surface area contributed by atoms with E-state index in [2.05, 4.69) is 0 Å². The molecule has 1 aromatic carbocycles. The van der Waals surface area contributed by atoms with Gasteiger partial charge >= 0.3 is 17.9 Å². The van der Waals surface area contributed by atoms with E-state index in [-0.39, 0.29) is 17.5 Å². The van der Waals surface area contributed by atoms with Crippen molar-refractivity contribution in [3.63, 3.8) is 0 Å². The van der Waals surface area contributed by atoms with Crippen LogP contribution in [0.15, 0.2) is 12.1 Å². The van der Waals surface area contributed by atoms with Gasteiger partial charge in [-0.25, -0.2) is 9.59 Å². The van der Waals surface area contributed by atoms with Gasteiger partial charge < -0.3 is 14.9 Å². The summed E-state index contributed by atoms with van der Waals surface area (Å²) in [5.74, 6) is -3.81. The van der Waals surface area contributed by atoms with Crippen molar-refractivity contribution in [3.8, 4) is 5.75 Å². The average molecular weight is 252 g/mol. The maximum Gasteiger partial charge on any atom is 0.339 e. The molecule has 0 aliphatic heterocycles. The Balaban J connectivity index is 3.45. The Morgan fingerprint density at radius 2 is 1.56 bits per heavy atom. The summed E-state index contributed by atoms with van der Waals surface area (Å²) in [4.78, 5) is 33.3. The van der Waals surface area contributed by atoms with Gasteiger partial charge in [0.2, 0.25) is 0 Å². The highest BCUT2D eigenvalue weighted by molar-refractivity contribution is 6.00. The van der Waals surface area contributed by atoms with Crippen LogP contribution >= 0.6 is 0 Å². The van der Waals surface area contributed by atoms with Gasteiger partial charge in [-0.2, -0.15) is 0 Å². The number of hydrogen-bond acceptors (Lipinski definition) is 4. The van der Waals surface area contributed by atoms with E-state index in [1.165, 1.54) is 19.1 Å². The van der Waals surface area contributed by atoms with Gasteiger partial charge in [0.05, 0.1) is 0 Å². The number of carboxylic acids is 2. The summed E-state index contributed by atoms with van der Waals surface area (Å²) in [7, 11) is 0. The Morgan fingerprint density at radius 3 is 1.89 bits per heavy atom. The Labute approximate surface area is 103 Å². The first-order valence-electron chi connectivity index (χ1n) is 5.18. The monoisotopic (exact) mass is 252 g/mol. The average Bonchev–Trinajstić information content (AvgIpc) is 2.29. The van der Waals surface area contributed by atoms with Gasteiger partial charge in [0, 0.05) is 6.42 Å². The minimum absolute atomic E-state index is 0.0198. The second-order valence-corrected chi connectivity index (χ2v) is 3.63. The molecule has 0 aliphatic rings. The van der Waals surface area contributed by atoms with Gasteiger partial charge in [-0.1, -0.05) is 6.92 Å². The number of hydrogen-bond donors (Lipinski definition) is 2. The predicted molar refractivity (Wildman–Crippen MR) is 61.0 cm³/mol. The molecular weight excluding hydrogens is 240 g/mol. The van der Waals surface area contributed by atoms with Crippen molar-refractivity contribution >= 4 is 17.9 Å². The largest absolute Gasteiger partial charge is 0.478 e. The molecular formula is C12H12O6. The van der Waals surface area contributed by atoms with Crippen molar-refractivity contribution in [1.82, 2.24) is 0 Å². The minimum Gasteiger partial charge on any atom is -0.478 e. The van der Waals surface area contributed by atoms with E-state index >= 15 is 0 Å². The molecule has 96 valence electrons. The third-order valence-electron chi connectivity index (χ3n) is 2.20. The van der Waals surface area contributed by atoms with Gasteiger partial charge in [0.15, 0.2) is 5.75 Å². The number of benzene rings is 1. The molecule has 18 heavy (non-hydrogen) atoms. The van der Waals surface area contributed by atoms with Crippen LogP contribution < -0.4 is 4.74 Å². The highest BCUT2D eigenvalue weighted by Crippen LogP contribution is 2.26. The second kappa shape index (κ2) is 5.31. The summed E-state index contributed by atoms with van der Waals surface area (Å²) in [6, 6.07) is 2.51. The molecule has 1 aromatic rings. The first-order valence-corrected chi connectivity index (χ1v) is 5.18. The summed E-state index contributed by atoms with van der Waals surface area (Å²) in [6.45, 7) is 3.09. The minimum atomic E-state index is -1.35. The van der Waals surface area contributed by atoms with Crippen LogP contribution in [0.2, 0.25) is 0 Å². The van der Waals surface area contributed by atoms with Gasteiger partial charge in [-0.3, -0.25) is 4.79 Å². The van der Waals surface area contributed by atoms with Gasteiger partial charge in [-0.15, -0.1) is 0 Å². The molecule has 0 amide bonds. The number of carboxylic acid groups (broad SMARTS) is 2. The first kappa shape index (κ1) is 13.7. The molecule has 0 aromatic heterocycles. The van der Waals surface area contributed by atoms with E-state index in [1.54, 1.807) is 6.92 Å². The van der Waals surface area contributed by atoms with Crippen LogP contribution in [0.3, 0.4) is 0 Å². The number of aromatic carboxylic acids is 2. The number of esters is 1. The van der Waals surface area contributed by atoms with Crippen molar-refractivity contribution in [3.05, 3.63) is 28.8 Å². The molecule has 6 heteroatoms. The lowest BCUT2D eigenvalue weighted by Crippen LogP contribution is -2.14. The fourth-order valence-corrected chi connectivity index (χ4v) is 1.39.